The Bertz CT molecular complexity index is 514. The van der Waals surface area contributed by atoms with Crippen LogP contribution in [-0.4, -0.2) is 16.0 Å². The first-order chi connectivity index (χ1) is 7.84. The highest BCUT2D eigenvalue weighted by atomic mass is 127. The average Bonchev–Trinajstić information content (AvgIpc) is 2.75. The quantitative estimate of drug-likeness (QED) is 0.746. The van der Waals surface area contributed by atoms with Crippen LogP contribution in [0.4, 0.5) is 0 Å². The summed E-state index contributed by atoms with van der Waals surface area (Å²) in [7, 11) is 0. The predicted octanol–water partition coefficient (Wildman–Crippen LogP) is 3.06. The Morgan fingerprint density at radius 1 is 1.38 bits per heavy atom. The smallest absolute Gasteiger partial charge is 0.173 e. The van der Waals surface area contributed by atoms with Crippen LogP contribution < -0.4 is 4.74 Å². The molecule has 1 aromatic heterocycles. The second kappa shape index (κ2) is 4.29. The lowest BCUT2D eigenvalue weighted by molar-refractivity contribution is 0.275. The number of benzene rings is 1. The van der Waals surface area contributed by atoms with E-state index in [0.717, 1.165) is 27.6 Å². The summed E-state index contributed by atoms with van der Waals surface area (Å²) in [4.78, 5) is 4.47. The summed E-state index contributed by atoms with van der Waals surface area (Å²) >= 11 is 3.67. The molecule has 0 saturated carbocycles. The molecule has 2 aromatic rings. The van der Waals surface area contributed by atoms with Crippen LogP contribution in [0.1, 0.15) is 23.7 Å². The van der Waals surface area contributed by atoms with E-state index >= 15 is 0 Å². The Morgan fingerprint density at radius 3 is 3.06 bits per heavy atom. The van der Waals surface area contributed by atoms with Gasteiger partial charge in [-0.2, -0.15) is 4.37 Å². The van der Waals surface area contributed by atoms with Crippen LogP contribution >= 0.6 is 34.1 Å². The summed E-state index contributed by atoms with van der Waals surface area (Å²) in [6.07, 6.45) is 0.962. The van der Waals surface area contributed by atoms with E-state index in [1.54, 1.807) is 0 Å². The molecule has 2 heterocycles. The molecule has 0 aliphatic carbocycles. The van der Waals surface area contributed by atoms with Crippen molar-refractivity contribution in [2.45, 2.75) is 12.3 Å². The Morgan fingerprint density at radius 2 is 2.25 bits per heavy atom. The van der Waals surface area contributed by atoms with Crippen LogP contribution in [0, 0.1) is 3.01 Å². The average molecular weight is 344 g/mol. The maximum Gasteiger partial charge on any atom is 0.173 e. The summed E-state index contributed by atoms with van der Waals surface area (Å²) < 4.78 is 11.0. The lowest BCUT2D eigenvalue weighted by Crippen LogP contribution is -2.16. The molecule has 0 radical (unpaired) electrons. The molecular formula is C11H9IN2OS. The van der Waals surface area contributed by atoms with Gasteiger partial charge in [-0.1, -0.05) is 18.2 Å². The number of hydrogen-bond donors (Lipinski definition) is 0. The number of hydrogen-bond acceptors (Lipinski definition) is 4. The number of fused-ring (bicyclic) bond motifs is 1. The molecule has 5 heteroatoms. The van der Waals surface area contributed by atoms with E-state index in [1.165, 1.54) is 17.1 Å². The maximum absolute atomic E-state index is 5.63. The first-order valence-electron chi connectivity index (χ1n) is 5.05. The van der Waals surface area contributed by atoms with E-state index in [-0.39, 0.29) is 0 Å². The highest BCUT2D eigenvalue weighted by Crippen LogP contribution is 2.36. The van der Waals surface area contributed by atoms with Crippen molar-refractivity contribution in [1.82, 2.24) is 9.36 Å². The minimum Gasteiger partial charge on any atom is -0.493 e. The fraction of sp³-hybridized carbons (Fsp3) is 0.273. The van der Waals surface area contributed by atoms with E-state index in [1.807, 2.05) is 18.2 Å². The molecule has 1 unspecified atom stereocenters. The minimum atomic E-state index is 0.296. The molecule has 0 N–H and O–H groups in total. The highest BCUT2D eigenvalue weighted by molar-refractivity contribution is 14.1. The third kappa shape index (κ3) is 1.82. The molecule has 0 amide bonds. The van der Waals surface area contributed by atoms with Gasteiger partial charge in [0, 0.05) is 5.56 Å². The fourth-order valence-electron chi connectivity index (χ4n) is 1.97. The molecule has 0 fully saturated rings. The zero-order valence-electron chi connectivity index (χ0n) is 8.39. The number of aromatic nitrogens is 2. The second-order valence-electron chi connectivity index (χ2n) is 3.63. The molecule has 3 nitrogen and oxygen atoms in total. The van der Waals surface area contributed by atoms with E-state index < -0.39 is 0 Å². The molecule has 0 bridgehead atoms. The van der Waals surface area contributed by atoms with Crippen molar-refractivity contribution in [2.75, 3.05) is 6.61 Å². The standard InChI is InChI=1S/C11H9IN2OS/c12-11-13-10(14-16-11)8-5-6-15-9-4-2-1-3-7(8)9/h1-4,8H,5-6H2. The lowest BCUT2D eigenvalue weighted by atomic mass is 9.93. The van der Waals surface area contributed by atoms with Crippen LogP contribution in [0.15, 0.2) is 24.3 Å². The van der Waals surface area contributed by atoms with Crippen LogP contribution in [0.25, 0.3) is 0 Å². The summed E-state index contributed by atoms with van der Waals surface area (Å²) in [6.45, 7) is 0.747. The van der Waals surface area contributed by atoms with E-state index in [0.29, 0.717) is 5.92 Å². The van der Waals surface area contributed by atoms with Gasteiger partial charge in [0.2, 0.25) is 0 Å². The topological polar surface area (TPSA) is 35.0 Å². The van der Waals surface area contributed by atoms with Crippen molar-refractivity contribution in [2.24, 2.45) is 0 Å². The van der Waals surface area contributed by atoms with Gasteiger partial charge in [-0.15, -0.1) is 0 Å². The van der Waals surface area contributed by atoms with Gasteiger partial charge in [-0.05, 0) is 46.6 Å². The number of rotatable bonds is 1. The summed E-state index contributed by atoms with van der Waals surface area (Å²) in [5, 5.41) is 0. The normalized spacial score (nSPS) is 18.9. The molecule has 0 spiro atoms. The van der Waals surface area contributed by atoms with Crippen LogP contribution in [0.5, 0.6) is 5.75 Å². The SMILES string of the molecule is Ic1nc(C2CCOc3ccccc32)ns1. The van der Waals surface area contributed by atoms with Crippen molar-refractivity contribution in [1.29, 1.82) is 0 Å². The molecule has 1 aromatic carbocycles. The Kier molecular flexibility index (Phi) is 2.81. The van der Waals surface area contributed by atoms with Crippen LogP contribution in [0.3, 0.4) is 0 Å². The lowest BCUT2D eigenvalue weighted by Gasteiger charge is -2.23. The third-order valence-corrected chi connectivity index (χ3v) is 4.04. The number of halogens is 1. The summed E-state index contributed by atoms with van der Waals surface area (Å²) in [5.74, 6) is 2.21. The third-order valence-electron chi connectivity index (χ3n) is 2.69. The van der Waals surface area contributed by atoms with Crippen molar-refractivity contribution in [3.63, 3.8) is 0 Å². The van der Waals surface area contributed by atoms with Gasteiger partial charge in [0.1, 0.15) is 5.75 Å². The fourth-order valence-corrected chi connectivity index (χ4v) is 2.98. The Hall–Kier alpha value is -0.690. The van der Waals surface area contributed by atoms with Gasteiger partial charge in [0.25, 0.3) is 0 Å². The van der Waals surface area contributed by atoms with Crippen LogP contribution in [0.2, 0.25) is 0 Å². The summed E-state index contributed by atoms with van der Waals surface area (Å²) in [6, 6.07) is 8.16. The summed E-state index contributed by atoms with van der Waals surface area (Å²) in [5.41, 5.74) is 1.21. The first kappa shape index (κ1) is 10.5. The molecule has 1 aliphatic rings. The van der Waals surface area contributed by atoms with Gasteiger partial charge in [-0.3, -0.25) is 0 Å². The van der Waals surface area contributed by atoms with Gasteiger partial charge >= 0.3 is 0 Å². The largest absolute Gasteiger partial charge is 0.493 e. The molecule has 1 atom stereocenters. The van der Waals surface area contributed by atoms with E-state index in [4.69, 9.17) is 4.74 Å². The van der Waals surface area contributed by atoms with Gasteiger partial charge in [-0.25, -0.2) is 4.98 Å². The molecule has 1 aliphatic heterocycles. The van der Waals surface area contributed by atoms with Gasteiger partial charge in [0.15, 0.2) is 8.84 Å². The predicted molar refractivity (Wildman–Crippen MR) is 71.0 cm³/mol. The maximum atomic E-state index is 5.63. The van der Waals surface area contributed by atoms with Crippen molar-refractivity contribution < 1.29 is 4.74 Å². The second-order valence-corrected chi connectivity index (χ2v) is 6.14. The van der Waals surface area contributed by atoms with Gasteiger partial charge in [0.05, 0.1) is 12.5 Å². The minimum absolute atomic E-state index is 0.296. The highest BCUT2D eigenvalue weighted by Gasteiger charge is 2.25. The number of para-hydroxylation sites is 1. The first-order valence-corrected chi connectivity index (χ1v) is 6.90. The molecule has 0 saturated heterocycles. The van der Waals surface area contributed by atoms with Crippen molar-refractivity contribution >= 4 is 34.1 Å². The zero-order chi connectivity index (χ0) is 11.0. The van der Waals surface area contributed by atoms with Crippen molar-refractivity contribution in [3.8, 4) is 5.75 Å². The van der Waals surface area contributed by atoms with Crippen molar-refractivity contribution in [3.05, 3.63) is 38.7 Å². The molecule has 16 heavy (non-hydrogen) atoms. The van der Waals surface area contributed by atoms with Crippen LogP contribution in [-0.2, 0) is 0 Å². The molecule has 3 rings (SSSR count). The monoisotopic (exact) mass is 344 g/mol. The number of nitrogens with zero attached hydrogens (tertiary/aromatic N) is 2. The molecule has 82 valence electrons. The van der Waals surface area contributed by atoms with E-state index in [9.17, 15) is 0 Å². The van der Waals surface area contributed by atoms with Gasteiger partial charge < -0.3 is 4.74 Å². The Balaban J connectivity index is 2.04. The Labute approximate surface area is 111 Å². The molecular weight excluding hydrogens is 335 g/mol. The van der Waals surface area contributed by atoms with E-state index in [2.05, 4.69) is 38.0 Å². The number of ether oxygens (including phenoxy) is 1. The zero-order valence-corrected chi connectivity index (χ0v) is 11.4.